The lowest BCUT2D eigenvalue weighted by Crippen LogP contribution is -2.37. The number of aliphatic imine (C=N–C) groups is 1. The number of aromatic nitrogens is 1. The third-order valence-corrected chi connectivity index (χ3v) is 4.63. The zero-order valence-electron chi connectivity index (χ0n) is 13.9. The van der Waals surface area contributed by atoms with Gasteiger partial charge in [0.1, 0.15) is 0 Å². The van der Waals surface area contributed by atoms with Crippen LogP contribution >= 0.6 is 35.3 Å². The molecule has 2 heterocycles. The fraction of sp³-hybridized carbons (Fsp3) is 0.412. The van der Waals surface area contributed by atoms with Crippen molar-refractivity contribution in [1.82, 2.24) is 15.6 Å². The van der Waals surface area contributed by atoms with E-state index in [4.69, 9.17) is 0 Å². The van der Waals surface area contributed by atoms with Gasteiger partial charge in [-0.1, -0.05) is 13.0 Å². The molecule has 2 aromatic rings. The van der Waals surface area contributed by atoms with E-state index in [0.29, 0.717) is 0 Å². The number of nitrogens with one attached hydrogen (secondary N) is 2. The molecule has 0 saturated carbocycles. The molecule has 0 saturated heterocycles. The van der Waals surface area contributed by atoms with E-state index in [1.807, 2.05) is 30.5 Å². The largest absolute Gasteiger partial charge is 0.356 e. The zero-order valence-corrected chi connectivity index (χ0v) is 17.1. The molecular weight excluding hydrogens is 419 g/mol. The smallest absolute Gasteiger partial charge is 0.191 e. The third-order valence-electron chi connectivity index (χ3n) is 3.40. The van der Waals surface area contributed by atoms with Gasteiger partial charge in [-0.2, -0.15) is 0 Å². The molecule has 23 heavy (non-hydrogen) atoms. The van der Waals surface area contributed by atoms with Gasteiger partial charge >= 0.3 is 0 Å². The second-order valence-corrected chi connectivity index (χ2v) is 6.38. The number of hydrogen-bond donors (Lipinski definition) is 2. The lowest BCUT2D eigenvalue weighted by Gasteiger charge is -2.11. The minimum atomic E-state index is 0. The van der Waals surface area contributed by atoms with Crippen molar-refractivity contribution in [2.24, 2.45) is 4.99 Å². The fourth-order valence-corrected chi connectivity index (χ4v) is 2.97. The Kier molecular flexibility index (Phi) is 9.16. The summed E-state index contributed by atoms with van der Waals surface area (Å²) in [5.74, 6) is 0.839. The Morgan fingerprint density at radius 2 is 1.96 bits per heavy atom. The average molecular weight is 444 g/mol. The highest BCUT2D eigenvalue weighted by molar-refractivity contribution is 14.0. The van der Waals surface area contributed by atoms with Gasteiger partial charge in [-0.05, 0) is 43.5 Å². The lowest BCUT2D eigenvalue weighted by molar-refractivity contribution is 0.797. The van der Waals surface area contributed by atoms with Crippen molar-refractivity contribution >= 4 is 41.3 Å². The summed E-state index contributed by atoms with van der Waals surface area (Å²) in [4.78, 5) is 11.3. The molecule has 0 radical (unpaired) electrons. The summed E-state index contributed by atoms with van der Waals surface area (Å²) in [7, 11) is 1.80. The fourth-order valence-electron chi connectivity index (χ4n) is 2.07. The van der Waals surface area contributed by atoms with Crippen LogP contribution in [0.3, 0.4) is 0 Å². The van der Waals surface area contributed by atoms with Gasteiger partial charge < -0.3 is 10.6 Å². The van der Waals surface area contributed by atoms with E-state index >= 15 is 0 Å². The molecule has 2 rings (SSSR count). The number of rotatable bonds is 6. The van der Waals surface area contributed by atoms with Crippen molar-refractivity contribution in [1.29, 1.82) is 0 Å². The number of guanidine groups is 1. The van der Waals surface area contributed by atoms with Crippen LogP contribution < -0.4 is 10.6 Å². The van der Waals surface area contributed by atoms with Gasteiger partial charge in [-0.25, -0.2) is 0 Å². The zero-order chi connectivity index (χ0) is 15.8. The van der Waals surface area contributed by atoms with Gasteiger partial charge in [0.25, 0.3) is 0 Å². The summed E-state index contributed by atoms with van der Waals surface area (Å²) in [5.41, 5.74) is 2.29. The van der Waals surface area contributed by atoms with Crippen LogP contribution in [0.2, 0.25) is 0 Å². The minimum absolute atomic E-state index is 0. The summed E-state index contributed by atoms with van der Waals surface area (Å²) in [5, 5.41) is 6.69. The second-order valence-electron chi connectivity index (χ2n) is 5.13. The monoisotopic (exact) mass is 444 g/mol. The number of pyridine rings is 1. The van der Waals surface area contributed by atoms with Crippen LogP contribution in [0.15, 0.2) is 35.5 Å². The maximum absolute atomic E-state index is 4.31. The molecule has 0 spiro atoms. The molecule has 2 aromatic heterocycles. The maximum atomic E-state index is 4.31. The summed E-state index contributed by atoms with van der Waals surface area (Å²) < 4.78 is 0. The lowest BCUT2D eigenvalue weighted by atomic mass is 10.2. The Labute approximate surface area is 159 Å². The van der Waals surface area contributed by atoms with E-state index in [-0.39, 0.29) is 24.0 Å². The molecule has 0 aliphatic heterocycles. The van der Waals surface area contributed by atoms with Crippen LogP contribution in [0.4, 0.5) is 0 Å². The van der Waals surface area contributed by atoms with Crippen molar-refractivity contribution in [3.05, 3.63) is 51.5 Å². The van der Waals surface area contributed by atoms with Gasteiger partial charge in [-0.15, -0.1) is 35.3 Å². The standard InChI is InChI=1S/C17H24N4S.HI/c1-4-15-7-8-16(22-15)12-21-17(18-3)19-10-9-14-6-5-13(2)20-11-14;/h5-8,11H,4,9-10,12H2,1-3H3,(H2,18,19,21);1H. The van der Waals surface area contributed by atoms with Crippen LogP contribution in [-0.2, 0) is 19.4 Å². The molecule has 0 aliphatic rings. The number of hydrogen-bond acceptors (Lipinski definition) is 3. The highest BCUT2D eigenvalue weighted by Gasteiger charge is 2.01. The number of nitrogens with zero attached hydrogens (tertiary/aromatic N) is 2. The predicted octanol–water partition coefficient (Wildman–Crippen LogP) is 3.54. The van der Waals surface area contributed by atoms with E-state index in [2.05, 4.69) is 45.7 Å². The topological polar surface area (TPSA) is 49.3 Å². The average Bonchev–Trinajstić information content (AvgIpc) is 3.00. The highest BCUT2D eigenvalue weighted by Crippen LogP contribution is 2.16. The second kappa shape index (κ2) is 10.6. The van der Waals surface area contributed by atoms with Gasteiger partial charge in [0.15, 0.2) is 5.96 Å². The van der Waals surface area contributed by atoms with Crippen LogP contribution in [0.5, 0.6) is 0 Å². The Balaban J connectivity index is 0.00000264. The van der Waals surface area contributed by atoms with Crippen molar-refractivity contribution in [3.63, 3.8) is 0 Å². The van der Waals surface area contributed by atoms with Crippen molar-refractivity contribution in [2.75, 3.05) is 13.6 Å². The molecule has 126 valence electrons. The predicted molar refractivity (Wildman–Crippen MR) is 110 cm³/mol. The first-order chi connectivity index (χ1) is 10.7. The van der Waals surface area contributed by atoms with Crippen LogP contribution in [0, 0.1) is 6.92 Å². The molecule has 0 amide bonds. The van der Waals surface area contributed by atoms with Crippen LogP contribution in [0.25, 0.3) is 0 Å². The van der Waals surface area contributed by atoms with E-state index < -0.39 is 0 Å². The highest BCUT2D eigenvalue weighted by atomic mass is 127. The molecule has 0 aliphatic carbocycles. The molecule has 4 nitrogen and oxygen atoms in total. The molecular formula is C17H25IN4S. The normalized spacial score (nSPS) is 11.0. The molecule has 6 heteroatoms. The maximum Gasteiger partial charge on any atom is 0.191 e. The number of halogens is 1. The third kappa shape index (κ3) is 6.87. The first-order valence-corrected chi connectivity index (χ1v) is 8.46. The molecule has 0 unspecified atom stereocenters. The summed E-state index contributed by atoms with van der Waals surface area (Å²) in [6.45, 7) is 5.84. The van der Waals surface area contributed by atoms with E-state index in [1.54, 1.807) is 7.05 Å². The van der Waals surface area contributed by atoms with Crippen molar-refractivity contribution in [2.45, 2.75) is 33.2 Å². The number of thiophene rings is 1. The Morgan fingerprint density at radius 3 is 2.57 bits per heavy atom. The Bertz CT molecular complexity index is 607. The summed E-state index contributed by atoms with van der Waals surface area (Å²) in [6, 6.07) is 8.55. The number of aryl methyl sites for hydroxylation is 2. The van der Waals surface area contributed by atoms with Crippen LogP contribution in [0.1, 0.15) is 27.9 Å². The minimum Gasteiger partial charge on any atom is -0.356 e. The quantitative estimate of drug-likeness (QED) is 0.407. The molecule has 0 bridgehead atoms. The SMILES string of the molecule is CCc1ccc(CNC(=NC)NCCc2ccc(C)nc2)s1.I. The van der Waals surface area contributed by atoms with Crippen molar-refractivity contribution < 1.29 is 0 Å². The summed E-state index contributed by atoms with van der Waals surface area (Å²) >= 11 is 1.85. The van der Waals surface area contributed by atoms with Gasteiger partial charge in [-0.3, -0.25) is 9.98 Å². The molecule has 0 fully saturated rings. The molecule has 0 atom stereocenters. The van der Waals surface area contributed by atoms with E-state index in [0.717, 1.165) is 37.6 Å². The van der Waals surface area contributed by atoms with Gasteiger partial charge in [0, 0.05) is 35.2 Å². The van der Waals surface area contributed by atoms with Crippen LogP contribution in [-0.4, -0.2) is 24.5 Å². The first-order valence-electron chi connectivity index (χ1n) is 7.65. The van der Waals surface area contributed by atoms with Crippen molar-refractivity contribution in [3.8, 4) is 0 Å². The van der Waals surface area contributed by atoms with E-state index in [9.17, 15) is 0 Å². The summed E-state index contributed by atoms with van der Waals surface area (Å²) in [6.07, 6.45) is 3.97. The Morgan fingerprint density at radius 1 is 1.17 bits per heavy atom. The first kappa shape index (κ1) is 19.9. The Hall–Kier alpha value is -1.15. The van der Waals surface area contributed by atoms with Gasteiger partial charge in [0.2, 0.25) is 0 Å². The van der Waals surface area contributed by atoms with Gasteiger partial charge in [0.05, 0.1) is 6.54 Å². The van der Waals surface area contributed by atoms with E-state index in [1.165, 1.54) is 15.3 Å². The molecule has 0 aromatic carbocycles. The molecule has 2 N–H and O–H groups in total.